The molecule has 1 aliphatic carbocycles. The predicted octanol–water partition coefficient (Wildman–Crippen LogP) is 4.03. The van der Waals surface area contributed by atoms with Gasteiger partial charge in [-0.25, -0.2) is 0 Å². The third-order valence-corrected chi connectivity index (χ3v) is 5.07. The number of anilines is 2. The molecule has 1 aromatic heterocycles. The molecule has 1 aromatic carbocycles. The number of carbonyl (C=O) groups is 1. The van der Waals surface area contributed by atoms with Crippen LogP contribution in [0.5, 0.6) is 0 Å². The zero-order valence-corrected chi connectivity index (χ0v) is 13.9. The summed E-state index contributed by atoms with van der Waals surface area (Å²) in [6, 6.07) is 10.7. The summed E-state index contributed by atoms with van der Waals surface area (Å²) in [6.07, 6.45) is 10.5. The second kappa shape index (κ2) is 6.63. The van der Waals surface area contributed by atoms with Crippen LogP contribution in [0.2, 0.25) is 0 Å². The Morgan fingerprint density at radius 3 is 2.83 bits per heavy atom. The summed E-state index contributed by atoms with van der Waals surface area (Å²) < 4.78 is 0. The number of pyridine rings is 1. The molecule has 1 amide bonds. The Morgan fingerprint density at radius 2 is 1.96 bits per heavy atom. The van der Waals surface area contributed by atoms with Crippen molar-refractivity contribution in [2.24, 2.45) is 0 Å². The van der Waals surface area contributed by atoms with Gasteiger partial charge in [-0.3, -0.25) is 9.78 Å². The molecule has 0 bridgehead atoms. The molecule has 24 heavy (non-hydrogen) atoms. The van der Waals surface area contributed by atoms with Crippen molar-refractivity contribution in [3.05, 3.63) is 53.9 Å². The fourth-order valence-corrected chi connectivity index (χ4v) is 3.84. The van der Waals surface area contributed by atoms with Crippen LogP contribution in [0.4, 0.5) is 11.4 Å². The molecule has 4 heteroatoms. The Balaban J connectivity index is 1.56. The molecule has 2 heterocycles. The molecule has 1 N–H and O–H groups in total. The highest BCUT2D eigenvalue weighted by Gasteiger charge is 2.24. The minimum atomic E-state index is 0.0460. The van der Waals surface area contributed by atoms with E-state index in [1.54, 1.807) is 6.20 Å². The third-order valence-electron chi connectivity index (χ3n) is 5.07. The van der Waals surface area contributed by atoms with Crippen molar-refractivity contribution >= 4 is 17.3 Å². The van der Waals surface area contributed by atoms with Gasteiger partial charge in [-0.05, 0) is 43.4 Å². The molecule has 2 aromatic rings. The van der Waals surface area contributed by atoms with Gasteiger partial charge in [-0.2, -0.15) is 0 Å². The number of carbonyl (C=O) groups excluding carboxylic acids is 1. The Bertz CT molecular complexity index is 737. The fraction of sp³-hybridized carbons (Fsp3) is 0.400. The first kappa shape index (κ1) is 15.2. The number of amides is 1. The van der Waals surface area contributed by atoms with Gasteiger partial charge in [0.25, 0.3) is 5.91 Å². The summed E-state index contributed by atoms with van der Waals surface area (Å²) in [5.41, 5.74) is 3.92. The molecule has 1 aliphatic heterocycles. The Hall–Kier alpha value is -2.36. The molecule has 0 spiro atoms. The van der Waals surface area contributed by atoms with Crippen LogP contribution >= 0.6 is 0 Å². The van der Waals surface area contributed by atoms with Crippen molar-refractivity contribution < 1.29 is 4.79 Å². The van der Waals surface area contributed by atoms with Crippen LogP contribution in [-0.4, -0.2) is 23.5 Å². The number of aromatic nitrogens is 1. The Labute approximate surface area is 142 Å². The number of aryl methyl sites for hydroxylation is 1. The summed E-state index contributed by atoms with van der Waals surface area (Å²) in [7, 11) is 0. The number of nitrogens with one attached hydrogen (secondary N) is 1. The first-order chi connectivity index (χ1) is 11.8. The number of nitrogens with zero attached hydrogens (tertiary/aromatic N) is 2. The van der Waals surface area contributed by atoms with Gasteiger partial charge in [0.05, 0.1) is 11.3 Å². The standard InChI is InChI=1S/C20H23N3O/c24-20(23-11-5-7-15-6-1-4-10-19(15)23)16-12-18(14-21-13-16)22-17-8-2-3-9-17/h1,4,6,10,12-14,17,22H,2-3,5,7-9,11H2. The molecule has 1 fully saturated rings. The van der Waals surface area contributed by atoms with Crippen molar-refractivity contribution in [1.29, 1.82) is 0 Å². The number of fused-ring (bicyclic) bond motifs is 1. The number of hydrogen-bond acceptors (Lipinski definition) is 3. The van der Waals surface area contributed by atoms with Crippen molar-refractivity contribution in [2.45, 2.75) is 44.6 Å². The van der Waals surface area contributed by atoms with E-state index in [0.29, 0.717) is 11.6 Å². The molecule has 1 saturated carbocycles. The summed E-state index contributed by atoms with van der Waals surface area (Å²) in [5.74, 6) is 0.0460. The molecule has 4 nitrogen and oxygen atoms in total. The van der Waals surface area contributed by atoms with Gasteiger partial charge in [0, 0.05) is 30.7 Å². The zero-order chi connectivity index (χ0) is 16.4. The van der Waals surface area contributed by atoms with Crippen LogP contribution < -0.4 is 10.2 Å². The minimum Gasteiger partial charge on any atom is -0.381 e. The van der Waals surface area contributed by atoms with E-state index in [2.05, 4.69) is 16.4 Å². The lowest BCUT2D eigenvalue weighted by Crippen LogP contribution is -2.35. The summed E-state index contributed by atoms with van der Waals surface area (Å²) in [6.45, 7) is 0.774. The molecule has 0 atom stereocenters. The Kier molecular flexibility index (Phi) is 4.20. The van der Waals surface area contributed by atoms with Crippen molar-refractivity contribution in [1.82, 2.24) is 4.98 Å². The first-order valence-corrected chi connectivity index (χ1v) is 8.92. The highest BCUT2D eigenvalue weighted by Crippen LogP contribution is 2.28. The maximum Gasteiger partial charge on any atom is 0.259 e. The number of rotatable bonds is 3. The van der Waals surface area contributed by atoms with E-state index in [9.17, 15) is 4.79 Å². The monoisotopic (exact) mass is 321 g/mol. The minimum absolute atomic E-state index is 0.0460. The topological polar surface area (TPSA) is 45.2 Å². The maximum absolute atomic E-state index is 13.0. The van der Waals surface area contributed by atoms with Crippen LogP contribution in [0.1, 0.15) is 48.0 Å². The average molecular weight is 321 g/mol. The molecule has 4 rings (SSSR count). The smallest absolute Gasteiger partial charge is 0.259 e. The molecule has 0 unspecified atom stereocenters. The molecule has 0 saturated heterocycles. The zero-order valence-electron chi connectivity index (χ0n) is 13.9. The van der Waals surface area contributed by atoms with Gasteiger partial charge in [-0.15, -0.1) is 0 Å². The van der Waals surface area contributed by atoms with Crippen molar-refractivity contribution in [3.63, 3.8) is 0 Å². The van der Waals surface area contributed by atoms with Crippen molar-refractivity contribution in [3.8, 4) is 0 Å². The lowest BCUT2D eigenvalue weighted by molar-refractivity contribution is 0.0985. The van der Waals surface area contributed by atoms with Gasteiger partial charge in [0.1, 0.15) is 0 Å². The third kappa shape index (κ3) is 3.01. The predicted molar refractivity (Wildman–Crippen MR) is 96.6 cm³/mol. The number of benzene rings is 1. The van der Waals surface area contributed by atoms with Crippen LogP contribution in [0, 0.1) is 0 Å². The van der Waals surface area contributed by atoms with Gasteiger partial charge in [-0.1, -0.05) is 31.0 Å². The highest BCUT2D eigenvalue weighted by molar-refractivity contribution is 6.07. The van der Waals surface area contributed by atoms with E-state index in [0.717, 1.165) is 30.8 Å². The summed E-state index contributed by atoms with van der Waals surface area (Å²) >= 11 is 0. The maximum atomic E-state index is 13.0. The van der Waals surface area contributed by atoms with E-state index < -0.39 is 0 Å². The van der Waals surface area contributed by atoms with Gasteiger partial charge in [0.15, 0.2) is 0 Å². The fourth-order valence-electron chi connectivity index (χ4n) is 3.84. The van der Waals surface area contributed by atoms with Crippen LogP contribution in [0.3, 0.4) is 0 Å². The van der Waals surface area contributed by atoms with Gasteiger partial charge in [0.2, 0.25) is 0 Å². The van der Waals surface area contributed by atoms with Crippen molar-refractivity contribution in [2.75, 3.05) is 16.8 Å². The second-order valence-electron chi connectivity index (χ2n) is 6.78. The van der Waals surface area contributed by atoms with Gasteiger partial charge >= 0.3 is 0 Å². The van der Waals surface area contributed by atoms with E-state index in [1.165, 1.54) is 31.2 Å². The second-order valence-corrected chi connectivity index (χ2v) is 6.78. The van der Waals surface area contributed by atoms with Crippen LogP contribution in [-0.2, 0) is 6.42 Å². The SMILES string of the molecule is O=C(c1cncc(NC2CCCC2)c1)N1CCCc2ccccc21. The van der Waals surface area contributed by atoms with E-state index >= 15 is 0 Å². The average Bonchev–Trinajstić information content (AvgIpc) is 3.14. The molecule has 124 valence electrons. The lowest BCUT2D eigenvalue weighted by atomic mass is 10.0. The van der Waals surface area contributed by atoms with E-state index in [1.807, 2.05) is 35.4 Å². The molecule has 2 aliphatic rings. The van der Waals surface area contributed by atoms with Crippen LogP contribution in [0.15, 0.2) is 42.7 Å². The molecular weight excluding hydrogens is 298 g/mol. The highest BCUT2D eigenvalue weighted by atomic mass is 16.2. The largest absolute Gasteiger partial charge is 0.381 e. The Morgan fingerprint density at radius 1 is 1.12 bits per heavy atom. The summed E-state index contributed by atoms with van der Waals surface area (Å²) in [5, 5.41) is 3.52. The van der Waals surface area contributed by atoms with E-state index in [-0.39, 0.29) is 5.91 Å². The first-order valence-electron chi connectivity index (χ1n) is 8.92. The normalized spacial score (nSPS) is 17.6. The summed E-state index contributed by atoms with van der Waals surface area (Å²) in [4.78, 5) is 19.2. The van der Waals surface area contributed by atoms with Gasteiger partial charge < -0.3 is 10.2 Å². The van der Waals surface area contributed by atoms with E-state index in [4.69, 9.17) is 0 Å². The quantitative estimate of drug-likeness (QED) is 0.928. The molecule has 0 radical (unpaired) electrons. The number of para-hydroxylation sites is 1. The number of hydrogen-bond donors (Lipinski definition) is 1. The lowest BCUT2D eigenvalue weighted by Gasteiger charge is -2.29. The molecular formula is C20H23N3O. The van der Waals surface area contributed by atoms with Crippen LogP contribution in [0.25, 0.3) is 0 Å².